The Balaban J connectivity index is 2.59. The fourth-order valence-electron chi connectivity index (χ4n) is 1.52. The quantitative estimate of drug-likeness (QED) is 0.526. The fraction of sp³-hybridized carbons (Fsp3) is 0.727. The van der Waals surface area contributed by atoms with Gasteiger partial charge in [0.1, 0.15) is 0 Å². The Morgan fingerprint density at radius 2 is 2.07 bits per heavy atom. The van der Waals surface area contributed by atoms with Crippen molar-refractivity contribution in [2.75, 3.05) is 5.88 Å². The molecule has 1 rings (SSSR count). The molecule has 1 aromatic rings. The van der Waals surface area contributed by atoms with E-state index in [-0.39, 0.29) is 0 Å². The molecule has 0 aromatic carbocycles. The molecule has 0 spiro atoms. The molecular weight excluding hydrogens is 196 g/mol. The van der Waals surface area contributed by atoms with E-state index in [1.807, 2.05) is 0 Å². The van der Waals surface area contributed by atoms with E-state index >= 15 is 0 Å². The number of halogens is 1. The average molecular weight is 215 g/mol. The monoisotopic (exact) mass is 214 g/mol. The minimum atomic E-state index is 0.753. The van der Waals surface area contributed by atoms with Crippen LogP contribution in [0.2, 0.25) is 0 Å². The van der Waals surface area contributed by atoms with Gasteiger partial charge in [0.2, 0.25) is 0 Å². The van der Waals surface area contributed by atoms with Gasteiger partial charge in [-0.1, -0.05) is 13.8 Å². The summed E-state index contributed by atoms with van der Waals surface area (Å²) in [5, 5.41) is 4.54. The Morgan fingerprint density at radius 1 is 1.29 bits per heavy atom. The van der Waals surface area contributed by atoms with Crippen LogP contribution in [0.1, 0.15) is 38.1 Å². The summed E-state index contributed by atoms with van der Waals surface area (Å²) < 4.78 is 2.13. The van der Waals surface area contributed by atoms with E-state index in [9.17, 15) is 0 Å². The van der Waals surface area contributed by atoms with Crippen molar-refractivity contribution >= 4 is 11.6 Å². The van der Waals surface area contributed by atoms with Crippen LogP contribution < -0.4 is 0 Å². The van der Waals surface area contributed by atoms with E-state index in [0.717, 1.165) is 38.1 Å². The van der Waals surface area contributed by atoms with Gasteiger partial charge in [0, 0.05) is 18.1 Å². The molecule has 0 fully saturated rings. The molecular formula is C11H19ClN2. The van der Waals surface area contributed by atoms with E-state index in [2.05, 4.69) is 29.7 Å². The van der Waals surface area contributed by atoms with Crippen molar-refractivity contribution in [1.82, 2.24) is 9.78 Å². The molecule has 3 heteroatoms. The minimum absolute atomic E-state index is 0.753. The summed E-state index contributed by atoms with van der Waals surface area (Å²) in [6, 6.07) is 2.21. The van der Waals surface area contributed by atoms with Gasteiger partial charge in [-0.3, -0.25) is 4.68 Å². The van der Waals surface area contributed by atoms with Crippen LogP contribution in [0.4, 0.5) is 0 Å². The topological polar surface area (TPSA) is 17.8 Å². The van der Waals surface area contributed by atoms with Gasteiger partial charge in [-0.05, 0) is 31.7 Å². The van der Waals surface area contributed by atoms with Crippen LogP contribution in [0.15, 0.2) is 6.07 Å². The molecule has 0 saturated carbocycles. The Morgan fingerprint density at radius 3 is 2.64 bits per heavy atom. The van der Waals surface area contributed by atoms with Crippen molar-refractivity contribution < 1.29 is 0 Å². The SMILES string of the molecule is CCc1cc(CC)n(CCCCCl)n1. The maximum Gasteiger partial charge on any atom is 0.0624 e. The van der Waals surface area contributed by atoms with E-state index in [1.165, 1.54) is 11.4 Å². The summed E-state index contributed by atoms with van der Waals surface area (Å²) in [5.41, 5.74) is 2.55. The Hall–Kier alpha value is -0.500. The minimum Gasteiger partial charge on any atom is -0.269 e. The lowest BCUT2D eigenvalue weighted by molar-refractivity contribution is 0.547. The third-order valence-corrected chi connectivity index (χ3v) is 2.66. The molecule has 14 heavy (non-hydrogen) atoms. The zero-order chi connectivity index (χ0) is 10.4. The van der Waals surface area contributed by atoms with Crippen LogP contribution in [0, 0.1) is 0 Å². The predicted molar refractivity (Wildman–Crippen MR) is 60.9 cm³/mol. The zero-order valence-corrected chi connectivity index (χ0v) is 9.85. The molecule has 1 aromatic heterocycles. The van der Waals surface area contributed by atoms with Crippen molar-refractivity contribution in [3.8, 4) is 0 Å². The van der Waals surface area contributed by atoms with Crippen LogP contribution in [0.5, 0.6) is 0 Å². The highest BCUT2D eigenvalue weighted by Crippen LogP contribution is 2.08. The molecule has 0 atom stereocenters. The summed E-state index contributed by atoms with van der Waals surface area (Å²) in [4.78, 5) is 0. The third kappa shape index (κ3) is 3.02. The van der Waals surface area contributed by atoms with Crippen molar-refractivity contribution in [2.45, 2.75) is 46.1 Å². The highest BCUT2D eigenvalue weighted by Gasteiger charge is 2.03. The van der Waals surface area contributed by atoms with Gasteiger partial charge in [0.15, 0.2) is 0 Å². The molecule has 1 heterocycles. The molecule has 0 bridgehead atoms. The van der Waals surface area contributed by atoms with Gasteiger partial charge in [0.25, 0.3) is 0 Å². The number of rotatable bonds is 6. The molecule has 0 radical (unpaired) electrons. The molecule has 80 valence electrons. The van der Waals surface area contributed by atoms with Gasteiger partial charge < -0.3 is 0 Å². The summed E-state index contributed by atoms with van der Waals surface area (Å²) in [5.74, 6) is 0.753. The largest absolute Gasteiger partial charge is 0.269 e. The van der Waals surface area contributed by atoms with Crippen molar-refractivity contribution in [2.24, 2.45) is 0 Å². The molecule has 0 N–H and O–H groups in total. The van der Waals surface area contributed by atoms with Gasteiger partial charge in [-0.25, -0.2) is 0 Å². The standard InChI is InChI=1S/C11H19ClN2/c1-3-10-9-11(4-2)14(13-10)8-6-5-7-12/h9H,3-8H2,1-2H3. The van der Waals surface area contributed by atoms with E-state index in [1.54, 1.807) is 0 Å². The number of alkyl halides is 1. The normalized spacial score (nSPS) is 10.8. The molecule has 0 amide bonds. The highest BCUT2D eigenvalue weighted by molar-refractivity contribution is 6.17. The number of hydrogen-bond donors (Lipinski definition) is 0. The van der Waals surface area contributed by atoms with Crippen LogP contribution >= 0.6 is 11.6 Å². The predicted octanol–water partition coefficient (Wildman–Crippen LogP) is 3.03. The Labute approximate surface area is 91.3 Å². The van der Waals surface area contributed by atoms with Crippen LogP contribution in [-0.4, -0.2) is 15.7 Å². The number of aryl methyl sites for hydroxylation is 3. The molecule has 0 aliphatic rings. The van der Waals surface area contributed by atoms with Gasteiger partial charge in [0.05, 0.1) is 5.69 Å². The number of aromatic nitrogens is 2. The van der Waals surface area contributed by atoms with Crippen molar-refractivity contribution in [3.05, 3.63) is 17.5 Å². The fourth-order valence-corrected chi connectivity index (χ4v) is 1.71. The number of nitrogens with zero attached hydrogens (tertiary/aromatic N) is 2. The summed E-state index contributed by atoms with van der Waals surface area (Å²) in [6.07, 6.45) is 4.29. The molecule has 0 unspecified atom stereocenters. The van der Waals surface area contributed by atoms with E-state index < -0.39 is 0 Å². The maximum atomic E-state index is 5.64. The van der Waals surface area contributed by atoms with Gasteiger partial charge >= 0.3 is 0 Å². The first-order valence-electron chi connectivity index (χ1n) is 5.43. The molecule has 0 aliphatic heterocycles. The van der Waals surface area contributed by atoms with Crippen LogP contribution in [0.3, 0.4) is 0 Å². The van der Waals surface area contributed by atoms with Gasteiger partial charge in [-0.2, -0.15) is 5.10 Å². The lowest BCUT2D eigenvalue weighted by atomic mass is 10.2. The van der Waals surface area contributed by atoms with Crippen molar-refractivity contribution in [1.29, 1.82) is 0 Å². The van der Waals surface area contributed by atoms with Gasteiger partial charge in [-0.15, -0.1) is 11.6 Å². The van der Waals surface area contributed by atoms with Crippen molar-refractivity contribution in [3.63, 3.8) is 0 Å². The molecule has 2 nitrogen and oxygen atoms in total. The van der Waals surface area contributed by atoms with E-state index in [4.69, 9.17) is 11.6 Å². The highest BCUT2D eigenvalue weighted by atomic mass is 35.5. The second kappa shape index (κ2) is 6.07. The summed E-state index contributed by atoms with van der Waals surface area (Å²) in [6.45, 7) is 5.33. The second-order valence-corrected chi connectivity index (χ2v) is 3.83. The Kier molecular flexibility index (Phi) is 5.02. The second-order valence-electron chi connectivity index (χ2n) is 3.45. The zero-order valence-electron chi connectivity index (χ0n) is 9.09. The Bertz CT molecular complexity index is 268. The smallest absolute Gasteiger partial charge is 0.0624 e. The number of unbranched alkanes of at least 4 members (excludes halogenated alkanes) is 1. The number of hydrogen-bond acceptors (Lipinski definition) is 1. The maximum absolute atomic E-state index is 5.64. The first-order valence-corrected chi connectivity index (χ1v) is 5.96. The van der Waals surface area contributed by atoms with E-state index in [0.29, 0.717) is 0 Å². The summed E-state index contributed by atoms with van der Waals surface area (Å²) in [7, 11) is 0. The first-order chi connectivity index (χ1) is 6.81. The average Bonchev–Trinajstić information content (AvgIpc) is 2.61. The molecule has 0 aliphatic carbocycles. The van der Waals surface area contributed by atoms with Crippen LogP contribution in [-0.2, 0) is 19.4 Å². The lowest BCUT2D eigenvalue weighted by Gasteiger charge is -2.04. The molecule has 0 saturated heterocycles. The summed E-state index contributed by atoms with van der Waals surface area (Å²) >= 11 is 5.64. The first kappa shape index (κ1) is 11.6. The third-order valence-electron chi connectivity index (χ3n) is 2.39. The van der Waals surface area contributed by atoms with Crippen LogP contribution in [0.25, 0.3) is 0 Å². The lowest BCUT2D eigenvalue weighted by Crippen LogP contribution is -2.04.